The molecule has 4 aliphatic carbocycles. The lowest BCUT2D eigenvalue weighted by molar-refractivity contribution is -0.134. The van der Waals surface area contributed by atoms with Crippen molar-refractivity contribution in [3.05, 3.63) is 30.1 Å². The third-order valence-electron chi connectivity index (χ3n) is 7.30. The lowest BCUT2D eigenvalue weighted by atomic mass is 9.53. The molecule has 0 unspecified atom stereocenters. The number of carbonyl (C=O) groups excluding carboxylic acids is 3. The molecule has 1 aromatic carbocycles. The van der Waals surface area contributed by atoms with Gasteiger partial charge in [0.05, 0.1) is 0 Å². The molecule has 6 rings (SSSR count). The van der Waals surface area contributed by atoms with Crippen LogP contribution in [0.3, 0.4) is 0 Å². The van der Waals surface area contributed by atoms with Crippen LogP contribution in [0.1, 0.15) is 45.4 Å². The summed E-state index contributed by atoms with van der Waals surface area (Å²) in [6.45, 7) is 1.36. The molecule has 4 amide bonds. The van der Waals surface area contributed by atoms with Crippen LogP contribution >= 0.6 is 0 Å². The van der Waals surface area contributed by atoms with Gasteiger partial charge in [0.25, 0.3) is 5.91 Å². The third-order valence-corrected chi connectivity index (χ3v) is 7.30. The highest BCUT2D eigenvalue weighted by Gasteiger charge is 2.52. The minimum Gasteiger partial charge on any atom is -0.349 e. The zero-order chi connectivity index (χ0) is 20.3. The number of nitrogens with zero attached hydrogens (tertiary/aromatic N) is 2. The number of carbonyl (C=O) groups is 3. The highest BCUT2D eigenvalue weighted by Crippen LogP contribution is 2.55. The highest BCUT2D eigenvalue weighted by molar-refractivity contribution is 6.15. The summed E-state index contributed by atoms with van der Waals surface area (Å²) in [6, 6.07) is 4.19. The van der Waals surface area contributed by atoms with E-state index in [0.717, 1.165) is 24.2 Å². The number of amides is 4. The molecular formula is C22H26FN3O3. The topological polar surface area (TPSA) is 69.7 Å². The largest absolute Gasteiger partial charge is 0.349 e. The molecule has 1 aromatic rings. The van der Waals surface area contributed by atoms with Gasteiger partial charge in [-0.05, 0) is 87.5 Å². The molecule has 6 nitrogen and oxygen atoms in total. The van der Waals surface area contributed by atoms with Crippen molar-refractivity contribution in [1.29, 1.82) is 0 Å². The van der Waals surface area contributed by atoms with E-state index in [9.17, 15) is 18.8 Å². The molecule has 5 aliphatic rings. The summed E-state index contributed by atoms with van der Waals surface area (Å²) in [5, 5.41) is 3.22. The zero-order valence-corrected chi connectivity index (χ0v) is 16.6. The van der Waals surface area contributed by atoms with Crippen LogP contribution in [0.2, 0.25) is 0 Å². The van der Waals surface area contributed by atoms with Crippen molar-refractivity contribution in [3.63, 3.8) is 0 Å². The van der Waals surface area contributed by atoms with E-state index in [1.54, 1.807) is 6.92 Å². The van der Waals surface area contributed by atoms with E-state index in [-0.39, 0.29) is 18.0 Å². The molecule has 29 heavy (non-hydrogen) atoms. The van der Waals surface area contributed by atoms with E-state index in [2.05, 4.69) is 5.32 Å². The molecule has 0 radical (unpaired) electrons. The first-order chi connectivity index (χ1) is 13.8. The minimum atomic E-state index is -0.722. The Hall–Kier alpha value is -2.44. The molecule has 4 bridgehead atoms. The maximum atomic E-state index is 13.2. The number of nitrogens with one attached hydrogen (secondary N) is 1. The second-order valence-electron chi connectivity index (χ2n) is 9.48. The molecule has 1 heterocycles. The summed E-state index contributed by atoms with van der Waals surface area (Å²) in [5.41, 5.74) is 0.293. The molecule has 7 heteroatoms. The number of urea groups is 1. The van der Waals surface area contributed by atoms with E-state index in [0.29, 0.717) is 23.4 Å². The molecule has 0 spiro atoms. The van der Waals surface area contributed by atoms with Crippen molar-refractivity contribution in [2.75, 3.05) is 11.4 Å². The molecule has 1 aliphatic heterocycles. The maximum Gasteiger partial charge on any atom is 0.332 e. The van der Waals surface area contributed by atoms with Crippen molar-refractivity contribution >= 4 is 23.5 Å². The Kier molecular flexibility index (Phi) is 4.19. The number of rotatable bonds is 4. The van der Waals surface area contributed by atoms with E-state index < -0.39 is 23.8 Å². The Morgan fingerprint density at radius 1 is 1.07 bits per heavy atom. The average Bonchev–Trinajstić information content (AvgIpc) is 2.84. The van der Waals surface area contributed by atoms with E-state index in [4.69, 9.17) is 0 Å². The fourth-order valence-electron chi connectivity index (χ4n) is 6.55. The Bertz CT molecular complexity index is 833. The normalized spacial score (nSPS) is 35.5. The van der Waals surface area contributed by atoms with Gasteiger partial charge in [0.2, 0.25) is 5.91 Å². The molecular weight excluding hydrogens is 373 g/mol. The molecule has 1 N–H and O–H groups in total. The van der Waals surface area contributed by atoms with Crippen LogP contribution in [0.4, 0.5) is 14.9 Å². The molecule has 5 fully saturated rings. The van der Waals surface area contributed by atoms with Crippen molar-refractivity contribution in [2.45, 2.75) is 57.0 Å². The average molecular weight is 399 g/mol. The summed E-state index contributed by atoms with van der Waals surface area (Å²) in [5.74, 6) is 1.02. The number of anilines is 1. The number of imide groups is 1. The lowest BCUT2D eigenvalue weighted by Gasteiger charge is -2.56. The third kappa shape index (κ3) is 3.11. The molecule has 4 saturated carbocycles. The first-order valence-corrected chi connectivity index (χ1v) is 10.5. The summed E-state index contributed by atoms with van der Waals surface area (Å²) in [4.78, 5) is 40.7. The van der Waals surface area contributed by atoms with Crippen molar-refractivity contribution in [2.24, 2.45) is 17.8 Å². The monoisotopic (exact) mass is 399 g/mol. The Balaban J connectivity index is 1.29. The zero-order valence-electron chi connectivity index (χ0n) is 16.6. The Morgan fingerprint density at radius 3 is 2.17 bits per heavy atom. The molecule has 1 atom stereocenters. The van der Waals surface area contributed by atoms with Gasteiger partial charge in [-0.1, -0.05) is 0 Å². The SMILES string of the molecule is C[C@H]1C(=O)N(CC(=O)NC23CC4CC(CC(C4)C2)C3)C(=O)N1c1ccc(F)cc1. The van der Waals surface area contributed by atoms with Crippen LogP contribution in [0.5, 0.6) is 0 Å². The maximum absolute atomic E-state index is 13.2. The fourth-order valence-corrected chi connectivity index (χ4v) is 6.55. The number of benzene rings is 1. The van der Waals surface area contributed by atoms with Crippen LogP contribution in [-0.4, -0.2) is 40.9 Å². The van der Waals surface area contributed by atoms with Gasteiger partial charge >= 0.3 is 6.03 Å². The quantitative estimate of drug-likeness (QED) is 0.791. The van der Waals surface area contributed by atoms with Crippen LogP contribution in [0, 0.1) is 23.6 Å². The highest BCUT2D eigenvalue weighted by atomic mass is 19.1. The molecule has 1 saturated heterocycles. The van der Waals surface area contributed by atoms with Crippen molar-refractivity contribution < 1.29 is 18.8 Å². The van der Waals surface area contributed by atoms with Crippen LogP contribution in [-0.2, 0) is 9.59 Å². The van der Waals surface area contributed by atoms with Gasteiger partial charge in [0.1, 0.15) is 18.4 Å². The fraction of sp³-hybridized carbons (Fsp3) is 0.591. The summed E-state index contributed by atoms with van der Waals surface area (Å²) < 4.78 is 13.2. The van der Waals surface area contributed by atoms with Crippen molar-refractivity contribution in [1.82, 2.24) is 10.2 Å². The van der Waals surface area contributed by atoms with Gasteiger partial charge in [0.15, 0.2) is 0 Å². The van der Waals surface area contributed by atoms with Crippen molar-refractivity contribution in [3.8, 4) is 0 Å². The van der Waals surface area contributed by atoms with Gasteiger partial charge in [0, 0.05) is 11.2 Å². The predicted octanol–water partition coefficient (Wildman–Crippen LogP) is 3.07. The first-order valence-electron chi connectivity index (χ1n) is 10.5. The predicted molar refractivity (Wildman–Crippen MR) is 104 cm³/mol. The Morgan fingerprint density at radius 2 is 1.62 bits per heavy atom. The molecule has 154 valence electrons. The van der Waals surface area contributed by atoms with Gasteiger partial charge in [-0.25, -0.2) is 9.18 Å². The van der Waals surface area contributed by atoms with Gasteiger partial charge in [-0.3, -0.25) is 19.4 Å². The second kappa shape index (κ2) is 6.54. The van der Waals surface area contributed by atoms with Gasteiger partial charge in [-0.15, -0.1) is 0 Å². The number of halogens is 1. The lowest BCUT2D eigenvalue weighted by Crippen LogP contribution is -2.61. The van der Waals surface area contributed by atoms with Gasteiger partial charge < -0.3 is 5.32 Å². The van der Waals surface area contributed by atoms with E-state index in [1.807, 2.05) is 0 Å². The minimum absolute atomic E-state index is 0.153. The smallest absolute Gasteiger partial charge is 0.332 e. The van der Waals surface area contributed by atoms with E-state index >= 15 is 0 Å². The molecule has 0 aromatic heterocycles. The standard InChI is InChI=1S/C22H26FN3O3/c1-13-20(28)25(21(29)26(13)18-4-2-17(23)3-5-18)12-19(27)24-22-9-14-6-15(10-22)8-16(7-14)11-22/h2-5,13-16H,6-12H2,1H3,(H,24,27)/t13-,14?,15?,16?,22?/m0/s1. The number of hydrogen-bond acceptors (Lipinski definition) is 3. The van der Waals surface area contributed by atoms with E-state index in [1.165, 1.54) is 48.4 Å². The van der Waals surface area contributed by atoms with Crippen LogP contribution < -0.4 is 10.2 Å². The second-order valence-corrected chi connectivity index (χ2v) is 9.48. The first kappa shape index (κ1) is 18.6. The Labute approximate surface area is 169 Å². The van der Waals surface area contributed by atoms with Crippen LogP contribution in [0.25, 0.3) is 0 Å². The number of hydrogen-bond donors (Lipinski definition) is 1. The summed E-state index contributed by atoms with van der Waals surface area (Å²) >= 11 is 0. The van der Waals surface area contributed by atoms with Gasteiger partial charge in [-0.2, -0.15) is 0 Å². The summed E-state index contributed by atoms with van der Waals surface area (Å²) in [7, 11) is 0. The van der Waals surface area contributed by atoms with Crippen LogP contribution in [0.15, 0.2) is 24.3 Å². The summed E-state index contributed by atoms with van der Waals surface area (Å²) in [6.07, 6.45) is 6.90.